The minimum atomic E-state index is 0.503. The molecule has 0 spiro atoms. The first-order valence-corrected chi connectivity index (χ1v) is 7.24. The topological polar surface area (TPSA) is 21.3 Å². The molecule has 102 valence electrons. The molecule has 0 aromatic heterocycles. The monoisotopic (exact) mass is 249 g/mol. The molecule has 0 saturated heterocycles. The standard InChI is InChI=1S/C16H27NO/c1-3-17-16(15-11-7-5-8-12-15)13-9-6-10-14-18-4-2/h5,7-8,11-12,16-17H,3-4,6,9-10,13-14H2,1-2H3. The summed E-state index contributed by atoms with van der Waals surface area (Å²) in [5, 5.41) is 3.57. The van der Waals surface area contributed by atoms with Crippen LogP contribution in [0.2, 0.25) is 0 Å². The maximum atomic E-state index is 5.36. The molecule has 0 heterocycles. The molecule has 18 heavy (non-hydrogen) atoms. The average molecular weight is 249 g/mol. The van der Waals surface area contributed by atoms with E-state index in [9.17, 15) is 0 Å². The maximum Gasteiger partial charge on any atom is 0.0465 e. The quantitative estimate of drug-likeness (QED) is 0.634. The molecule has 0 fully saturated rings. The van der Waals surface area contributed by atoms with Gasteiger partial charge in [-0.15, -0.1) is 0 Å². The number of benzene rings is 1. The summed E-state index contributed by atoms with van der Waals surface area (Å²) in [6.45, 7) is 7.00. The first-order chi connectivity index (χ1) is 8.88. The average Bonchev–Trinajstić information content (AvgIpc) is 2.42. The van der Waals surface area contributed by atoms with Crippen molar-refractivity contribution in [2.75, 3.05) is 19.8 Å². The van der Waals surface area contributed by atoms with Crippen LogP contribution in [0.25, 0.3) is 0 Å². The summed E-state index contributed by atoms with van der Waals surface area (Å²) in [5.41, 5.74) is 1.41. The molecule has 0 radical (unpaired) electrons. The predicted octanol–water partition coefficient (Wildman–Crippen LogP) is 3.93. The summed E-state index contributed by atoms with van der Waals surface area (Å²) < 4.78 is 5.36. The Morgan fingerprint density at radius 3 is 2.50 bits per heavy atom. The van der Waals surface area contributed by atoms with E-state index in [1.807, 2.05) is 0 Å². The molecule has 1 unspecified atom stereocenters. The fraction of sp³-hybridized carbons (Fsp3) is 0.625. The van der Waals surface area contributed by atoms with Crippen molar-refractivity contribution in [2.24, 2.45) is 0 Å². The van der Waals surface area contributed by atoms with Crippen LogP contribution in [-0.2, 0) is 4.74 Å². The third kappa shape index (κ3) is 6.18. The van der Waals surface area contributed by atoms with Crippen LogP contribution < -0.4 is 5.32 Å². The highest BCUT2D eigenvalue weighted by molar-refractivity contribution is 5.18. The van der Waals surface area contributed by atoms with E-state index in [4.69, 9.17) is 4.74 Å². The SMILES string of the molecule is CCNC(CCCCCOCC)c1ccccc1. The Labute approximate surface area is 112 Å². The van der Waals surface area contributed by atoms with Gasteiger partial charge in [-0.05, 0) is 31.9 Å². The van der Waals surface area contributed by atoms with E-state index >= 15 is 0 Å². The van der Waals surface area contributed by atoms with Gasteiger partial charge >= 0.3 is 0 Å². The van der Waals surface area contributed by atoms with Gasteiger partial charge in [0, 0.05) is 19.3 Å². The van der Waals surface area contributed by atoms with E-state index in [2.05, 4.69) is 49.5 Å². The molecule has 1 atom stereocenters. The molecule has 1 rings (SSSR count). The van der Waals surface area contributed by atoms with E-state index in [0.29, 0.717) is 6.04 Å². The summed E-state index contributed by atoms with van der Waals surface area (Å²) in [5.74, 6) is 0. The molecule has 1 N–H and O–H groups in total. The normalized spacial score (nSPS) is 12.6. The Balaban J connectivity index is 2.26. The second-order valence-electron chi connectivity index (χ2n) is 4.57. The highest BCUT2D eigenvalue weighted by atomic mass is 16.5. The van der Waals surface area contributed by atoms with Gasteiger partial charge in [-0.25, -0.2) is 0 Å². The first-order valence-electron chi connectivity index (χ1n) is 7.24. The van der Waals surface area contributed by atoms with Crippen molar-refractivity contribution in [3.8, 4) is 0 Å². The van der Waals surface area contributed by atoms with Crippen LogP contribution >= 0.6 is 0 Å². The number of hydrogen-bond acceptors (Lipinski definition) is 2. The molecule has 0 amide bonds. The maximum absolute atomic E-state index is 5.36. The van der Waals surface area contributed by atoms with Gasteiger partial charge in [-0.3, -0.25) is 0 Å². The molecule has 0 aliphatic heterocycles. The fourth-order valence-electron chi connectivity index (χ4n) is 2.19. The van der Waals surface area contributed by atoms with Crippen molar-refractivity contribution >= 4 is 0 Å². The largest absolute Gasteiger partial charge is 0.382 e. The highest BCUT2D eigenvalue weighted by Crippen LogP contribution is 2.19. The zero-order valence-corrected chi connectivity index (χ0v) is 11.8. The van der Waals surface area contributed by atoms with Crippen molar-refractivity contribution in [3.05, 3.63) is 35.9 Å². The van der Waals surface area contributed by atoms with Gasteiger partial charge in [0.2, 0.25) is 0 Å². The molecule has 1 aromatic carbocycles. The van der Waals surface area contributed by atoms with Crippen LogP contribution in [0.3, 0.4) is 0 Å². The molecular weight excluding hydrogens is 222 g/mol. The molecule has 0 aliphatic rings. The van der Waals surface area contributed by atoms with Gasteiger partial charge in [0.1, 0.15) is 0 Å². The second-order valence-corrected chi connectivity index (χ2v) is 4.57. The summed E-state index contributed by atoms with van der Waals surface area (Å²) in [4.78, 5) is 0. The zero-order valence-electron chi connectivity index (χ0n) is 11.8. The van der Waals surface area contributed by atoms with E-state index in [-0.39, 0.29) is 0 Å². The van der Waals surface area contributed by atoms with Crippen molar-refractivity contribution < 1.29 is 4.74 Å². The minimum Gasteiger partial charge on any atom is -0.382 e. The summed E-state index contributed by atoms with van der Waals surface area (Å²) >= 11 is 0. The number of hydrogen-bond donors (Lipinski definition) is 1. The minimum absolute atomic E-state index is 0.503. The number of unbranched alkanes of at least 4 members (excludes halogenated alkanes) is 2. The van der Waals surface area contributed by atoms with Gasteiger partial charge in [-0.2, -0.15) is 0 Å². The van der Waals surface area contributed by atoms with Gasteiger partial charge in [-0.1, -0.05) is 50.1 Å². The Morgan fingerprint density at radius 1 is 1.06 bits per heavy atom. The third-order valence-corrected chi connectivity index (χ3v) is 3.14. The van der Waals surface area contributed by atoms with Gasteiger partial charge in [0.25, 0.3) is 0 Å². The highest BCUT2D eigenvalue weighted by Gasteiger charge is 2.08. The van der Waals surface area contributed by atoms with E-state index in [0.717, 1.165) is 19.8 Å². The Morgan fingerprint density at radius 2 is 1.83 bits per heavy atom. The van der Waals surface area contributed by atoms with Crippen LogP contribution in [0.5, 0.6) is 0 Å². The summed E-state index contributed by atoms with van der Waals surface area (Å²) in [6.07, 6.45) is 4.92. The van der Waals surface area contributed by atoms with E-state index < -0.39 is 0 Å². The van der Waals surface area contributed by atoms with Crippen molar-refractivity contribution in [1.29, 1.82) is 0 Å². The van der Waals surface area contributed by atoms with Crippen LogP contribution in [-0.4, -0.2) is 19.8 Å². The molecule has 0 saturated carbocycles. The Hall–Kier alpha value is -0.860. The Kier molecular flexibility index (Phi) is 8.53. The van der Waals surface area contributed by atoms with Crippen LogP contribution in [0.15, 0.2) is 30.3 Å². The first kappa shape index (κ1) is 15.2. The number of rotatable bonds is 10. The predicted molar refractivity (Wildman–Crippen MR) is 77.8 cm³/mol. The molecule has 0 bridgehead atoms. The van der Waals surface area contributed by atoms with E-state index in [1.165, 1.54) is 31.2 Å². The molecule has 2 nitrogen and oxygen atoms in total. The van der Waals surface area contributed by atoms with Crippen molar-refractivity contribution in [3.63, 3.8) is 0 Å². The lowest BCUT2D eigenvalue weighted by Crippen LogP contribution is -2.20. The molecule has 1 aromatic rings. The van der Waals surface area contributed by atoms with Crippen LogP contribution in [0, 0.1) is 0 Å². The molecular formula is C16H27NO. The van der Waals surface area contributed by atoms with E-state index in [1.54, 1.807) is 0 Å². The van der Waals surface area contributed by atoms with Crippen LogP contribution in [0.4, 0.5) is 0 Å². The fourth-order valence-corrected chi connectivity index (χ4v) is 2.19. The Bertz CT molecular complexity index is 286. The summed E-state index contributed by atoms with van der Waals surface area (Å²) in [7, 11) is 0. The third-order valence-electron chi connectivity index (χ3n) is 3.14. The zero-order chi connectivity index (χ0) is 13.1. The van der Waals surface area contributed by atoms with Crippen molar-refractivity contribution in [2.45, 2.75) is 45.6 Å². The van der Waals surface area contributed by atoms with Crippen molar-refractivity contribution in [1.82, 2.24) is 5.32 Å². The lowest BCUT2D eigenvalue weighted by Gasteiger charge is -2.18. The van der Waals surface area contributed by atoms with Gasteiger partial charge < -0.3 is 10.1 Å². The smallest absolute Gasteiger partial charge is 0.0465 e. The van der Waals surface area contributed by atoms with Gasteiger partial charge in [0.15, 0.2) is 0 Å². The van der Waals surface area contributed by atoms with Gasteiger partial charge in [0.05, 0.1) is 0 Å². The summed E-state index contributed by atoms with van der Waals surface area (Å²) in [6, 6.07) is 11.3. The molecule has 0 aliphatic carbocycles. The number of nitrogens with one attached hydrogen (secondary N) is 1. The van der Waals surface area contributed by atoms with Crippen LogP contribution in [0.1, 0.15) is 51.1 Å². The number of ether oxygens (including phenoxy) is 1. The lowest BCUT2D eigenvalue weighted by molar-refractivity contribution is 0.142. The lowest BCUT2D eigenvalue weighted by atomic mass is 10.0. The molecule has 2 heteroatoms. The second kappa shape index (κ2) is 10.1.